The van der Waals surface area contributed by atoms with Gasteiger partial charge in [0.15, 0.2) is 37.2 Å². The Balaban J connectivity index is 1.95. The number of ether oxygens (including phenoxy) is 13. The fraction of sp³-hybridized carbons (Fsp3) is 0.763. The van der Waals surface area contributed by atoms with E-state index < -0.39 is 133 Å². The lowest BCUT2D eigenvalue weighted by Gasteiger charge is -2.47. The number of carbonyl (C=O) groups is 7. The van der Waals surface area contributed by atoms with E-state index >= 15 is 0 Å². The first-order valence-electron chi connectivity index (χ1n) is 18.8. The van der Waals surface area contributed by atoms with Crippen molar-refractivity contribution in [2.45, 2.75) is 143 Å². The third kappa shape index (κ3) is 13.7. The van der Waals surface area contributed by atoms with Crippen molar-refractivity contribution in [2.24, 2.45) is 17.8 Å². The highest BCUT2D eigenvalue weighted by Gasteiger charge is 2.53. The zero-order chi connectivity index (χ0) is 43.4. The molecule has 0 saturated carbocycles. The molecule has 0 N–H and O–H groups in total. The SMILES string of the molecule is C=CCOC1O[C@H](CO[C@@H]2O[C@H](CO[C@@H]3O[C@H](COC(C)=O)[C@@H](C)[C@H](OC(C)=O)[C@H]3OC(C)=O)[C@@H](C)[C@H](OC(C)=O)[C@H]2OC(C)=O)[C@@H](C)[C@H](OC(C)=O)[C@H]1OC(C)=O. The summed E-state index contributed by atoms with van der Waals surface area (Å²) in [6, 6.07) is 0. The Bertz CT molecular complexity index is 1470. The molecule has 3 heterocycles. The second-order valence-corrected chi connectivity index (χ2v) is 14.2. The van der Waals surface area contributed by atoms with Gasteiger partial charge in [-0.2, -0.15) is 0 Å². The van der Waals surface area contributed by atoms with Crippen molar-refractivity contribution < 1.29 is 95.1 Å². The standard InChI is InChI=1S/C38H56O20/c1-12-13-46-36-33(53-24(9)43)30(50-21(6)40)18(3)28(56-36)15-48-38-35(55-26(11)45)32(52-23(8)42)19(4)29(58-38)16-49-37-34(54-25(10)44)31(51-22(7)41)17(2)27(57-37)14-47-20(5)39/h12,17-19,27-38H,1,13-16H2,2-11H3/t17-,18-,19-,27-,28-,29-,30+,31+,32+,33-,34-,35-,36?,37-,38-/m1/s1. The van der Waals surface area contributed by atoms with Gasteiger partial charge in [0, 0.05) is 66.2 Å². The van der Waals surface area contributed by atoms with E-state index in [1.165, 1.54) is 40.7 Å². The molecule has 3 aliphatic heterocycles. The fourth-order valence-corrected chi connectivity index (χ4v) is 6.88. The van der Waals surface area contributed by atoms with Crippen molar-refractivity contribution in [2.75, 3.05) is 26.4 Å². The van der Waals surface area contributed by atoms with Crippen LogP contribution in [0.15, 0.2) is 12.7 Å². The van der Waals surface area contributed by atoms with Crippen molar-refractivity contribution >= 4 is 41.8 Å². The van der Waals surface area contributed by atoms with Crippen molar-refractivity contribution in [3.05, 3.63) is 12.7 Å². The predicted molar refractivity (Wildman–Crippen MR) is 191 cm³/mol. The minimum absolute atomic E-state index is 0.0187. The molecule has 20 nitrogen and oxygen atoms in total. The van der Waals surface area contributed by atoms with Gasteiger partial charge < -0.3 is 61.6 Å². The van der Waals surface area contributed by atoms with Gasteiger partial charge in [-0.1, -0.05) is 26.8 Å². The highest BCUT2D eigenvalue weighted by molar-refractivity contribution is 5.69. The molecule has 15 atom stereocenters. The van der Waals surface area contributed by atoms with Gasteiger partial charge in [0.2, 0.25) is 0 Å². The minimum Gasteiger partial charge on any atom is -0.463 e. The number of esters is 7. The van der Waals surface area contributed by atoms with E-state index in [-0.39, 0.29) is 26.4 Å². The monoisotopic (exact) mass is 832 g/mol. The number of rotatable bonds is 17. The van der Waals surface area contributed by atoms with E-state index in [1.807, 2.05) is 0 Å². The molecule has 1 unspecified atom stereocenters. The predicted octanol–water partition coefficient (Wildman–Crippen LogP) is 1.46. The lowest BCUT2D eigenvalue weighted by atomic mass is 9.89. The number of hydrogen-bond donors (Lipinski definition) is 0. The van der Waals surface area contributed by atoms with Crippen molar-refractivity contribution in [3.8, 4) is 0 Å². The smallest absolute Gasteiger partial charge is 0.303 e. The van der Waals surface area contributed by atoms with Crippen LogP contribution < -0.4 is 0 Å². The summed E-state index contributed by atoms with van der Waals surface area (Å²) in [5.74, 6) is -6.85. The van der Waals surface area contributed by atoms with E-state index in [2.05, 4.69) is 6.58 Å². The van der Waals surface area contributed by atoms with Crippen LogP contribution in [0.2, 0.25) is 0 Å². The van der Waals surface area contributed by atoms with E-state index in [1.54, 1.807) is 20.8 Å². The molecular weight excluding hydrogens is 776 g/mol. The Morgan fingerprint density at radius 3 is 0.983 bits per heavy atom. The van der Waals surface area contributed by atoms with E-state index in [9.17, 15) is 33.6 Å². The maximum absolute atomic E-state index is 12.4. The summed E-state index contributed by atoms with van der Waals surface area (Å²) in [5, 5.41) is 0. The molecule has 328 valence electrons. The summed E-state index contributed by atoms with van der Waals surface area (Å²) in [5.41, 5.74) is 0. The van der Waals surface area contributed by atoms with Gasteiger partial charge in [-0.25, -0.2) is 0 Å². The normalized spacial score (nSPS) is 34.7. The zero-order valence-electron chi connectivity index (χ0n) is 34.4. The second kappa shape index (κ2) is 22.2. The lowest BCUT2D eigenvalue weighted by Crippen LogP contribution is -2.61. The summed E-state index contributed by atoms with van der Waals surface area (Å²) in [6.07, 6.45) is -12.5. The first kappa shape index (κ1) is 48.2. The van der Waals surface area contributed by atoms with Crippen LogP contribution in [0.3, 0.4) is 0 Å². The van der Waals surface area contributed by atoms with Crippen LogP contribution in [0.1, 0.15) is 69.2 Å². The van der Waals surface area contributed by atoms with Crippen LogP contribution in [0.5, 0.6) is 0 Å². The molecule has 0 aromatic heterocycles. The molecule has 0 aromatic rings. The van der Waals surface area contributed by atoms with Gasteiger partial charge >= 0.3 is 41.8 Å². The van der Waals surface area contributed by atoms with E-state index in [4.69, 9.17) is 61.6 Å². The molecule has 3 aliphatic rings. The highest BCUT2D eigenvalue weighted by atomic mass is 16.8. The largest absolute Gasteiger partial charge is 0.463 e. The molecule has 3 fully saturated rings. The Hall–Kier alpha value is -4.21. The summed E-state index contributed by atoms with van der Waals surface area (Å²) in [6.45, 7) is 15.9. The first-order chi connectivity index (χ1) is 27.2. The second-order valence-electron chi connectivity index (χ2n) is 14.2. The average Bonchev–Trinajstić information content (AvgIpc) is 3.11. The summed E-state index contributed by atoms with van der Waals surface area (Å²) in [4.78, 5) is 85.1. The number of carbonyl (C=O) groups excluding carboxylic acids is 7. The quantitative estimate of drug-likeness (QED) is 0.114. The third-order valence-electron chi connectivity index (χ3n) is 9.51. The van der Waals surface area contributed by atoms with Crippen LogP contribution in [0.4, 0.5) is 0 Å². The van der Waals surface area contributed by atoms with Gasteiger partial charge in [-0.05, 0) is 0 Å². The first-order valence-corrected chi connectivity index (χ1v) is 18.8. The van der Waals surface area contributed by atoms with Gasteiger partial charge in [0.1, 0.15) is 31.0 Å². The van der Waals surface area contributed by atoms with Crippen molar-refractivity contribution in [3.63, 3.8) is 0 Å². The van der Waals surface area contributed by atoms with Crippen molar-refractivity contribution in [1.82, 2.24) is 0 Å². The Morgan fingerprint density at radius 1 is 0.431 bits per heavy atom. The van der Waals surface area contributed by atoms with Crippen LogP contribution in [0.25, 0.3) is 0 Å². The molecule has 0 spiro atoms. The Kier molecular flexibility index (Phi) is 18.5. The third-order valence-corrected chi connectivity index (χ3v) is 9.51. The molecule has 0 amide bonds. The van der Waals surface area contributed by atoms with Gasteiger partial charge in [-0.3, -0.25) is 33.6 Å². The van der Waals surface area contributed by atoms with E-state index in [0.717, 1.165) is 13.8 Å². The van der Waals surface area contributed by atoms with Gasteiger partial charge in [0.25, 0.3) is 0 Å². The lowest BCUT2D eigenvalue weighted by molar-refractivity contribution is -0.333. The molecule has 0 radical (unpaired) electrons. The topological polar surface area (TPSA) is 239 Å². The number of hydrogen-bond acceptors (Lipinski definition) is 20. The fourth-order valence-electron chi connectivity index (χ4n) is 6.88. The Morgan fingerprint density at radius 2 is 0.707 bits per heavy atom. The molecule has 3 saturated heterocycles. The van der Waals surface area contributed by atoms with E-state index in [0.29, 0.717) is 0 Å². The van der Waals surface area contributed by atoms with Crippen molar-refractivity contribution in [1.29, 1.82) is 0 Å². The van der Waals surface area contributed by atoms with Crippen LogP contribution in [-0.4, -0.2) is 142 Å². The molecule has 3 rings (SSSR count). The molecule has 20 heteroatoms. The summed E-state index contributed by atoms with van der Waals surface area (Å²) in [7, 11) is 0. The minimum atomic E-state index is -1.44. The summed E-state index contributed by atoms with van der Waals surface area (Å²) < 4.78 is 75.4. The molecule has 0 aromatic carbocycles. The van der Waals surface area contributed by atoms with Crippen LogP contribution in [0, 0.1) is 17.8 Å². The average molecular weight is 833 g/mol. The van der Waals surface area contributed by atoms with Gasteiger partial charge in [0.05, 0.1) is 32.0 Å². The Labute approximate surface area is 336 Å². The van der Waals surface area contributed by atoms with Gasteiger partial charge in [-0.15, -0.1) is 6.58 Å². The highest BCUT2D eigenvalue weighted by Crippen LogP contribution is 2.37. The summed E-state index contributed by atoms with van der Waals surface area (Å²) >= 11 is 0. The molecular formula is C38H56O20. The van der Waals surface area contributed by atoms with Crippen LogP contribution >= 0.6 is 0 Å². The molecule has 0 aliphatic carbocycles. The maximum Gasteiger partial charge on any atom is 0.303 e. The molecule has 0 bridgehead atoms. The zero-order valence-corrected chi connectivity index (χ0v) is 34.4. The van der Waals surface area contributed by atoms with Crippen LogP contribution in [-0.2, 0) is 95.1 Å². The molecule has 58 heavy (non-hydrogen) atoms. The maximum atomic E-state index is 12.4.